The standard InChI is InChI=1S/C6H8ClN3S/c7-5-8-6(11-9-5)10-3-1-2-4-10/h1-4H2. The molecule has 1 aliphatic heterocycles. The fourth-order valence-corrected chi connectivity index (χ4v) is 2.09. The van der Waals surface area contributed by atoms with Gasteiger partial charge in [-0.3, -0.25) is 0 Å². The Labute approximate surface area is 74.2 Å². The molecule has 0 bridgehead atoms. The molecule has 0 atom stereocenters. The summed E-state index contributed by atoms with van der Waals surface area (Å²) in [4.78, 5) is 6.32. The SMILES string of the molecule is Clc1nsc(N2CCCC2)n1. The largest absolute Gasteiger partial charge is 0.347 e. The molecule has 0 aliphatic carbocycles. The Balaban J connectivity index is 2.15. The molecule has 0 saturated carbocycles. The van der Waals surface area contributed by atoms with Gasteiger partial charge in [0, 0.05) is 24.6 Å². The first-order valence-corrected chi connectivity index (χ1v) is 4.75. The van der Waals surface area contributed by atoms with E-state index in [4.69, 9.17) is 11.6 Å². The Bertz CT molecular complexity index is 244. The summed E-state index contributed by atoms with van der Waals surface area (Å²) in [6, 6.07) is 0. The van der Waals surface area contributed by atoms with Crippen LogP contribution in [0.3, 0.4) is 0 Å². The highest BCUT2D eigenvalue weighted by Crippen LogP contribution is 2.23. The van der Waals surface area contributed by atoms with E-state index in [0.717, 1.165) is 18.2 Å². The second-order valence-electron chi connectivity index (χ2n) is 2.54. The third-order valence-electron chi connectivity index (χ3n) is 1.77. The summed E-state index contributed by atoms with van der Waals surface area (Å²) in [7, 11) is 0. The van der Waals surface area contributed by atoms with Gasteiger partial charge in [-0.2, -0.15) is 9.36 Å². The zero-order valence-electron chi connectivity index (χ0n) is 5.96. The molecule has 5 heteroatoms. The molecule has 1 aliphatic rings. The first-order valence-electron chi connectivity index (χ1n) is 3.60. The van der Waals surface area contributed by atoms with E-state index >= 15 is 0 Å². The molecule has 11 heavy (non-hydrogen) atoms. The van der Waals surface area contributed by atoms with Crippen LogP contribution in [0.25, 0.3) is 0 Å². The van der Waals surface area contributed by atoms with E-state index in [2.05, 4.69) is 14.3 Å². The van der Waals surface area contributed by atoms with Gasteiger partial charge in [-0.15, -0.1) is 0 Å². The molecule has 1 aromatic rings. The number of anilines is 1. The van der Waals surface area contributed by atoms with Crippen molar-refractivity contribution in [1.29, 1.82) is 0 Å². The van der Waals surface area contributed by atoms with Crippen LogP contribution < -0.4 is 4.90 Å². The normalized spacial score (nSPS) is 17.7. The highest BCUT2D eigenvalue weighted by Gasteiger charge is 2.15. The van der Waals surface area contributed by atoms with E-state index in [9.17, 15) is 0 Å². The van der Waals surface area contributed by atoms with Gasteiger partial charge in [0.2, 0.25) is 10.4 Å². The molecule has 0 aromatic carbocycles. The van der Waals surface area contributed by atoms with Crippen molar-refractivity contribution in [3.63, 3.8) is 0 Å². The summed E-state index contributed by atoms with van der Waals surface area (Å²) in [5.41, 5.74) is 0. The van der Waals surface area contributed by atoms with E-state index in [0.29, 0.717) is 5.28 Å². The van der Waals surface area contributed by atoms with Gasteiger partial charge in [0.05, 0.1) is 0 Å². The van der Waals surface area contributed by atoms with E-state index in [-0.39, 0.29) is 0 Å². The minimum atomic E-state index is 0.372. The summed E-state index contributed by atoms with van der Waals surface area (Å²) in [5, 5.41) is 1.34. The second-order valence-corrected chi connectivity index (χ2v) is 3.61. The van der Waals surface area contributed by atoms with Gasteiger partial charge in [-0.25, -0.2) is 0 Å². The molecular formula is C6H8ClN3S. The monoisotopic (exact) mass is 189 g/mol. The van der Waals surface area contributed by atoms with Crippen molar-refractivity contribution in [3.8, 4) is 0 Å². The van der Waals surface area contributed by atoms with E-state index < -0.39 is 0 Å². The molecule has 1 saturated heterocycles. The molecule has 1 fully saturated rings. The summed E-state index contributed by atoms with van der Waals surface area (Å²) >= 11 is 6.98. The lowest BCUT2D eigenvalue weighted by molar-refractivity contribution is 0.949. The first kappa shape index (κ1) is 7.31. The average Bonchev–Trinajstić information content (AvgIpc) is 2.55. The van der Waals surface area contributed by atoms with Gasteiger partial charge >= 0.3 is 0 Å². The second kappa shape index (κ2) is 2.95. The highest BCUT2D eigenvalue weighted by molar-refractivity contribution is 7.10. The van der Waals surface area contributed by atoms with E-state index in [1.807, 2.05) is 0 Å². The number of hydrogen-bond donors (Lipinski definition) is 0. The maximum Gasteiger partial charge on any atom is 0.236 e. The predicted octanol–water partition coefficient (Wildman–Crippen LogP) is 1.79. The van der Waals surface area contributed by atoms with Crippen molar-refractivity contribution >= 4 is 28.3 Å². The van der Waals surface area contributed by atoms with Crippen molar-refractivity contribution in [2.24, 2.45) is 0 Å². The zero-order chi connectivity index (χ0) is 7.68. The topological polar surface area (TPSA) is 29.0 Å². The number of nitrogens with zero attached hydrogens (tertiary/aromatic N) is 3. The molecule has 0 radical (unpaired) electrons. The Morgan fingerprint density at radius 3 is 2.64 bits per heavy atom. The van der Waals surface area contributed by atoms with Crippen LogP contribution in [0.2, 0.25) is 5.28 Å². The maximum atomic E-state index is 5.60. The van der Waals surface area contributed by atoms with Gasteiger partial charge in [0.15, 0.2) is 0 Å². The number of halogens is 1. The third-order valence-corrected chi connectivity index (χ3v) is 2.81. The molecule has 0 N–H and O–H groups in total. The molecule has 3 nitrogen and oxygen atoms in total. The van der Waals surface area contributed by atoms with Crippen LogP contribution >= 0.6 is 23.1 Å². The molecule has 2 rings (SSSR count). The highest BCUT2D eigenvalue weighted by atomic mass is 35.5. The lowest BCUT2D eigenvalue weighted by atomic mass is 10.4. The molecular weight excluding hydrogens is 182 g/mol. The van der Waals surface area contributed by atoms with E-state index in [1.165, 1.54) is 24.4 Å². The Hall–Kier alpha value is -0.350. The quantitative estimate of drug-likeness (QED) is 0.675. The van der Waals surface area contributed by atoms with Crippen LogP contribution in [-0.4, -0.2) is 22.4 Å². The minimum absolute atomic E-state index is 0.372. The van der Waals surface area contributed by atoms with Crippen LogP contribution in [0.15, 0.2) is 0 Å². The van der Waals surface area contributed by atoms with Crippen LogP contribution in [0.5, 0.6) is 0 Å². The molecule has 2 heterocycles. The average molecular weight is 190 g/mol. The van der Waals surface area contributed by atoms with Crippen molar-refractivity contribution < 1.29 is 0 Å². The van der Waals surface area contributed by atoms with Crippen LogP contribution in [0, 0.1) is 0 Å². The fourth-order valence-electron chi connectivity index (χ4n) is 1.24. The minimum Gasteiger partial charge on any atom is -0.347 e. The van der Waals surface area contributed by atoms with Crippen molar-refractivity contribution in [2.45, 2.75) is 12.8 Å². The van der Waals surface area contributed by atoms with E-state index in [1.54, 1.807) is 0 Å². The molecule has 60 valence electrons. The van der Waals surface area contributed by atoms with Gasteiger partial charge in [0.25, 0.3) is 0 Å². The van der Waals surface area contributed by atoms with Crippen molar-refractivity contribution in [2.75, 3.05) is 18.0 Å². The Kier molecular flexibility index (Phi) is 1.96. The maximum absolute atomic E-state index is 5.60. The predicted molar refractivity (Wildman–Crippen MR) is 46.4 cm³/mol. The van der Waals surface area contributed by atoms with Gasteiger partial charge in [-0.1, -0.05) is 0 Å². The van der Waals surface area contributed by atoms with Gasteiger partial charge in [-0.05, 0) is 24.4 Å². The Morgan fingerprint density at radius 2 is 2.09 bits per heavy atom. The smallest absolute Gasteiger partial charge is 0.236 e. The summed E-state index contributed by atoms with van der Waals surface area (Å²) < 4.78 is 3.92. The van der Waals surface area contributed by atoms with Crippen molar-refractivity contribution in [3.05, 3.63) is 5.28 Å². The summed E-state index contributed by atoms with van der Waals surface area (Å²) in [5.74, 6) is 0. The van der Waals surface area contributed by atoms with Crippen LogP contribution in [0.4, 0.5) is 5.13 Å². The summed E-state index contributed by atoms with van der Waals surface area (Å²) in [6.45, 7) is 2.21. The first-order chi connectivity index (χ1) is 5.36. The Morgan fingerprint density at radius 1 is 1.36 bits per heavy atom. The third kappa shape index (κ3) is 1.46. The molecule has 0 spiro atoms. The van der Waals surface area contributed by atoms with Crippen LogP contribution in [-0.2, 0) is 0 Å². The zero-order valence-corrected chi connectivity index (χ0v) is 7.53. The van der Waals surface area contributed by atoms with Gasteiger partial charge in [0.1, 0.15) is 0 Å². The number of hydrogen-bond acceptors (Lipinski definition) is 4. The fraction of sp³-hybridized carbons (Fsp3) is 0.667. The molecule has 1 aromatic heterocycles. The number of aromatic nitrogens is 2. The lowest BCUT2D eigenvalue weighted by Crippen LogP contribution is -2.16. The van der Waals surface area contributed by atoms with Crippen molar-refractivity contribution in [1.82, 2.24) is 9.36 Å². The van der Waals surface area contributed by atoms with Gasteiger partial charge < -0.3 is 4.90 Å². The van der Waals surface area contributed by atoms with Crippen LogP contribution in [0.1, 0.15) is 12.8 Å². The molecule has 0 unspecified atom stereocenters. The summed E-state index contributed by atoms with van der Waals surface area (Å²) in [6.07, 6.45) is 2.52. The lowest BCUT2D eigenvalue weighted by Gasteiger charge is -2.10. The molecule has 0 amide bonds. The number of rotatable bonds is 1.